The molecule has 0 N–H and O–H groups in total. The van der Waals surface area contributed by atoms with E-state index in [0.717, 1.165) is 66.1 Å². The predicted octanol–water partition coefficient (Wildman–Crippen LogP) is 4.20. The molecule has 0 unspecified atom stereocenters. The molecule has 4 heterocycles. The standard InChI is InChI=1S/C28H27N7O2/c1-36-22-15-21(16-23(17-22)37-2)25-18-26-31-24(20-7-4-3-5-8-20)19-27(35(26)32-25)33-11-13-34(14-12-33)28-29-9-6-10-30-28/h3-10,15-19H,11-14H2,1-2H3. The molecule has 0 radical (unpaired) electrons. The van der Waals surface area contributed by atoms with Gasteiger partial charge in [-0.2, -0.15) is 9.61 Å². The van der Waals surface area contributed by atoms with Gasteiger partial charge in [-0.3, -0.25) is 0 Å². The van der Waals surface area contributed by atoms with Gasteiger partial charge in [0, 0.05) is 67.9 Å². The van der Waals surface area contributed by atoms with E-state index in [2.05, 4.69) is 38.0 Å². The summed E-state index contributed by atoms with van der Waals surface area (Å²) in [6.07, 6.45) is 3.57. The third-order valence-electron chi connectivity index (χ3n) is 6.56. The molecule has 0 saturated carbocycles. The Balaban J connectivity index is 1.41. The van der Waals surface area contributed by atoms with Gasteiger partial charge in [0.05, 0.1) is 25.6 Å². The van der Waals surface area contributed by atoms with Crippen molar-refractivity contribution < 1.29 is 9.47 Å². The lowest BCUT2D eigenvalue weighted by molar-refractivity contribution is 0.394. The average Bonchev–Trinajstić information content (AvgIpc) is 3.42. The molecule has 0 amide bonds. The molecular formula is C28H27N7O2. The van der Waals surface area contributed by atoms with Crippen molar-refractivity contribution in [2.45, 2.75) is 0 Å². The molecule has 1 aliphatic rings. The third-order valence-corrected chi connectivity index (χ3v) is 6.56. The van der Waals surface area contributed by atoms with Crippen LogP contribution in [0.1, 0.15) is 0 Å². The van der Waals surface area contributed by atoms with Gasteiger partial charge in [-0.05, 0) is 18.2 Å². The van der Waals surface area contributed by atoms with E-state index in [1.807, 2.05) is 53.0 Å². The minimum Gasteiger partial charge on any atom is -0.497 e. The lowest BCUT2D eigenvalue weighted by Gasteiger charge is -2.36. The zero-order valence-corrected chi connectivity index (χ0v) is 20.8. The molecule has 37 heavy (non-hydrogen) atoms. The maximum Gasteiger partial charge on any atom is 0.225 e. The summed E-state index contributed by atoms with van der Waals surface area (Å²) < 4.78 is 12.9. The second-order valence-corrected chi connectivity index (χ2v) is 8.79. The Morgan fingerprint density at radius 3 is 2.03 bits per heavy atom. The van der Waals surface area contributed by atoms with Crippen LogP contribution in [0.5, 0.6) is 11.5 Å². The first-order chi connectivity index (χ1) is 18.2. The molecule has 1 saturated heterocycles. The van der Waals surface area contributed by atoms with Crippen LogP contribution in [0.2, 0.25) is 0 Å². The molecule has 0 spiro atoms. The molecule has 9 nitrogen and oxygen atoms in total. The summed E-state index contributed by atoms with van der Waals surface area (Å²) in [6.45, 7) is 3.26. The summed E-state index contributed by atoms with van der Waals surface area (Å²) >= 11 is 0. The quantitative estimate of drug-likeness (QED) is 0.348. The Kier molecular flexibility index (Phi) is 6.02. The predicted molar refractivity (Wildman–Crippen MR) is 143 cm³/mol. The van der Waals surface area contributed by atoms with Crippen molar-refractivity contribution >= 4 is 17.4 Å². The molecular weight excluding hydrogens is 466 g/mol. The number of rotatable bonds is 6. The van der Waals surface area contributed by atoms with E-state index in [-0.39, 0.29) is 0 Å². The maximum absolute atomic E-state index is 5.48. The Bertz CT molecular complexity index is 1490. The SMILES string of the molecule is COc1cc(OC)cc(-c2cc3nc(-c4ccccc4)cc(N4CCN(c5ncccn5)CC4)n3n2)c1. The number of aromatic nitrogens is 5. The van der Waals surface area contributed by atoms with Gasteiger partial charge in [-0.15, -0.1) is 0 Å². The molecule has 1 aliphatic heterocycles. The van der Waals surface area contributed by atoms with Gasteiger partial charge >= 0.3 is 0 Å². The Labute approximate surface area is 214 Å². The number of fused-ring (bicyclic) bond motifs is 1. The number of anilines is 2. The van der Waals surface area contributed by atoms with Crippen molar-refractivity contribution in [3.63, 3.8) is 0 Å². The summed E-state index contributed by atoms with van der Waals surface area (Å²) in [7, 11) is 3.29. The molecule has 6 rings (SSSR count). The van der Waals surface area contributed by atoms with Crippen LogP contribution < -0.4 is 19.3 Å². The summed E-state index contributed by atoms with van der Waals surface area (Å²) in [6, 6.07) is 22.0. The largest absolute Gasteiger partial charge is 0.497 e. The van der Waals surface area contributed by atoms with E-state index < -0.39 is 0 Å². The minimum atomic E-state index is 0.712. The van der Waals surface area contributed by atoms with E-state index in [1.165, 1.54) is 0 Å². The van der Waals surface area contributed by atoms with Crippen molar-refractivity contribution in [2.75, 3.05) is 50.2 Å². The van der Waals surface area contributed by atoms with Gasteiger partial charge in [0.1, 0.15) is 17.3 Å². The zero-order valence-electron chi connectivity index (χ0n) is 20.8. The van der Waals surface area contributed by atoms with Crippen LogP contribution >= 0.6 is 0 Å². The maximum atomic E-state index is 5.48. The normalized spacial score (nSPS) is 13.7. The first kappa shape index (κ1) is 22.8. The fourth-order valence-electron chi connectivity index (χ4n) is 4.63. The molecule has 0 bridgehead atoms. The van der Waals surface area contributed by atoms with Gasteiger partial charge in [0.15, 0.2) is 5.65 Å². The molecule has 2 aromatic carbocycles. The topological polar surface area (TPSA) is 80.9 Å². The lowest BCUT2D eigenvalue weighted by Crippen LogP contribution is -2.47. The summed E-state index contributed by atoms with van der Waals surface area (Å²) in [5.41, 5.74) is 4.45. The highest BCUT2D eigenvalue weighted by atomic mass is 16.5. The number of benzene rings is 2. The van der Waals surface area contributed by atoms with Crippen LogP contribution in [0.4, 0.5) is 11.8 Å². The number of piperazine rings is 1. The van der Waals surface area contributed by atoms with Gasteiger partial charge in [-0.25, -0.2) is 15.0 Å². The lowest BCUT2D eigenvalue weighted by atomic mass is 10.1. The van der Waals surface area contributed by atoms with Gasteiger partial charge in [0.25, 0.3) is 0 Å². The highest BCUT2D eigenvalue weighted by Gasteiger charge is 2.23. The molecule has 3 aromatic heterocycles. The van der Waals surface area contributed by atoms with Crippen LogP contribution in [0.25, 0.3) is 28.2 Å². The summed E-state index contributed by atoms with van der Waals surface area (Å²) in [5.74, 6) is 3.19. The highest BCUT2D eigenvalue weighted by molar-refractivity contribution is 5.72. The fraction of sp³-hybridized carbons (Fsp3) is 0.214. The van der Waals surface area contributed by atoms with Crippen LogP contribution in [0, 0.1) is 0 Å². The first-order valence-electron chi connectivity index (χ1n) is 12.2. The highest BCUT2D eigenvalue weighted by Crippen LogP contribution is 2.32. The number of nitrogens with zero attached hydrogens (tertiary/aromatic N) is 7. The number of hydrogen-bond acceptors (Lipinski definition) is 8. The second kappa shape index (κ2) is 9.77. The van der Waals surface area contributed by atoms with E-state index in [9.17, 15) is 0 Å². The zero-order chi connectivity index (χ0) is 25.2. The Hall–Kier alpha value is -4.66. The monoisotopic (exact) mass is 493 g/mol. The number of hydrogen-bond donors (Lipinski definition) is 0. The van der Waals surface area contributed by atoms with Crippen LogP contribution in [-0.4, -0.2) is 65.0 Å². The molecule has 0 atom stereocenters. The van der Waals surface area contributed by atoms with E-state index in [1.54, 1.807) is 26.6 Å². The summed E-state index contributed by atoms with van der Waals surface area (Å²) in [4.78, 5) is 18.4. The molecule has 0 aliphatic carbocycles. The first-order valence-corrected chi connectivity index (χ1v) is 12.2. The van der Waals surface area contributed by atoms with Crippen molar-refractivity contribution in [1.82, 2.24) is 24.6 Å². The average molecular weight is 494 g/mol. The van der Waals surface area contributed by atoms with Crippen LogP contribution in [-0.2, 0) is 0 Å². The van der Waals surface area contributed by atoms with Crippen molar-refractivity contribution in [3.05, 3.63) is 79.1 Å². The minimum absolute atomic E-state index is 0.712. The van der Waals surface area contributed by atoms with Crippen LogP contribution in [0.3, 0.4) is 0 Å². The third kappa shape index (κ3) is 4.51. The Morgan fingerprint density at radius 2 is 1.35 bits per heavy atom. The molecule has 9 heteroatoms. The van der Waals surface area contributed by atoms with Gasteiger partial charge < -0.3 is 19.3 Å². The number of ether oxygens (including phenoxy) is 2. The molecule has 186 valence electrons. The van der Waals surface area contributed by atoms with Crippen molar-refractivity contribution in [3.8, 4) is 34.0 Å². The fourth-order valence-corrected chi connectivity index (χ4v) is 4.63. The van der Waals surface area contributed by atoms with Gasteiger partial charge in [0.2, 0.25) is 5.95 Å². The molecule has 1 fully saturated rings. The van der Waals surface area contributed by atoms with E-state index >= 15 is 0 Å². The van der Waals surface area contributed by atoms with Crippen molar-refractivity contribution in [1.29, 1.82) is 0 Å². The summed E-state index contributed by atoms with van der Waals surface area (Å²) in [5, 5.41) is 4.98. The van der Waals surface area contributed by atoms with E-state index in [4.69, 9.17) is 19.6 Å². The smallest absolute Gasteiger partial charge is 0.225 e. The van der Waals surface area contributed by atoms with Crippen LogP contribution in [0.15, 0.2) is 79.1 Å². The number of methoxy groups -OCH3 is 2. The van der Waals surface area contributed by atoms with Crippen molar-refractivity contribution in [2.24, 2.45) is 0 Å². The van der Waals surface area contributed by atoms with Gasteiger partial charge in [-0.1, -0.05) is 30.3 Å². The van der Waals surface area contributed by atoms with E-state index in [0.29, 0.717) is 11.5 Å². The Morgan fingerprint density at radius 1 is 0.676 bits per heavy atom. The molecule has 5 aromatic rings. The second-order valence-electron chi connectivity index (χ2n) is 8.79.